The van der Waals surface area contributed by atoms with Crippen molar-refractivity contribution in [1.29, 1.82) is 0 Å². The molecule has 0 saturated carbocycles. The van der Waals surface area contributed by atoms with Crippen LogP contribution in [-0.2, 0) is 6.42 Å². The van der Waals surface area contributed by atoms with Crippen LogP contribution in [0.3, 0.4) is 0 Å². The van der Waals surface area contributed by atoms with Crippen LogP contribution in [0.1, 0.15) is 12.3 Å². The molecule has 1 N–H and O–H groups in total. The molecule has 0 amide bonds. The molecule has 1 saturated heterocycles. The lowest BCUT2D eigenvalue weighted by atomic mass is 10.1. The fourth-order valence-corrected chi connectivity index (χ4v) is 2.59. The molecule has 5 nitrogen and oxygen atoms in total. The highest BCUT2D eigenvalue weighted by Crippen LogP contribution is 2.30. The summed E-state index contributed by atoms with van der Waals surface area (Å²) in [6.07, 6.45) is 1.97. The number of hydrogen-bond donors (Lipinski definition) is 1. The number of hydrogen-bond acceptors (Lipinski definition) is 5. The molecule has 2 heterocycles. The second kappa shape index (κ2) is 5.81. The van der Waals surface area contributed by atoms with Gasteiger partial charge in [0, 0.05) is 11.4 Å². The third kappa shape index (κ3) is 2.78. The first kappa shape index (κ1) is 13.4. The lowest BCUT2D eigenvalue weighted by Gasteiger charge is -2.05. The molecule has 0 radical (unpaired) electrons. The third-order valence-electron chi connectivity index (χ3n) is 3.50. The Kier molecular flexibility index (Phi) is 3.89. The van der Waals surface area contributed by atoms with Crippen molar-refractivity contribution < 1.29 is 9.26 Å². The van der Waals surface area contributed by atoms with Crippen molar-refractivity contribution in [3.63, 3.8) is 0 Å². The van der Waals surface area contributed by atoms with Crippen molar-refractivity contribution in [3.05, 3.63) is 29.1 Å². The number of nitrogens with one attached hydrogen (secondary N) is 1. The van der Waals surface area contributed by atoms with Crippen molar-refractivity contribution >= 4 is 11.6 Å². The van der Waals surface area contributed by atoms with E-state index in [1.54, 1.807) is 19.2 Å². The SMILES string of the molecule is COc1cc(Cl)ccc1-c1noc(CC2CCNC2)n1. The minimum atomic E-state index is 0.541. The zero-order chi connectivity index (χ0) is 13.9. The molecule has 1 unspecified atom stereocenters. The van der Waals surface area contributed by atoms with Crippen LogP contribution in [0.25, 0.3) is 11.4 Å². The number of ether oxygens (including phenoxy) is 1. The molecule has 3 rings (SSSR count). The van der Waals surface area contributed by atoms with Crippen LogP contribution in [0.4, 0.5) is 0 Å². The van der Waals surface area contributed by atoms with Gasteiger partial charge < -0.3 is 14.6 Å². The zero-order valence-corrected chi connectivity index (χ0v) is 12.0. The molecule has 1 aromatic heterocycles. The van der Waals surface area contributed by atoms with Gasteiger partial charge in [-0.1, -0.05) is 16.8 Å². The predicted molar refractivity (Wildman–Crippen MR) is 76.0 cm³/mol. The van der Waals surface area contributed by atoms with Crippen LogP contribution < -0.4 is 10.1 Å². The van der Waals surface area contributed by atoms with Crippen LogP contribution in [-0.4, -0.2) is 30.3 Å². The predicted octanol–water partition coefficient (Wildman–Crippen LogP) is 2.55. The van der Waals surface area contributed by atoms with Gasteiger partial charge in [0.05, 0.1) is 12.7 Å². The van der Waals surface area contributed by atoms with E-state index >= 15 is 0 Å². The van der Waals surface area contributed by atoms with E-state index in [1.807, 2.05) is 6.07 Å². The van der Waals surface area contributed by atoms with Crippen molar-refractivity contribution in [1.82, 2.24) is 15.5 Å². The average Bonchev–Trinajstić information content (AvgIpc) is 3.11. The molecule has 1 atom stereocenters. The molecular weight excluding hydrogens is 278 g/mol. The van der Waals surface area contributed by atoms with E-state index < -0.39 is 0 Å². The second-order valence-electron chi connectivity index (χ2n) is 4.92. The summed E-state index contributed by atoms with van der Waals surface area (Å²) in [6.45, 7) is 2.08. The lowest BCUT2D eigenvalue weighted by Crippen LogP contribution is -2.10. The smallest absolute Gasteiger partial charge is 0.227 e. The normalized spacial score (nSPS) is 18.4. The van der Waals surface area contributed by atoms with Gasteiger partial charge in [0.25, 0.3) is 0 Å². The Hall–Kier alpha value is -1.59. The Morgan fingerprint density at radius 1 is 1.50 bits per heavy atom. The van der Waals surface area contributed by atoms with E-state index in [-0.39, 0.29) is 0 Å². The fraction of sp³-hybridized carbons (Fsp3) is 0.429. The van der Waals surface area contributed by atoms with E-state index in [4.69, 9.17) is 20.9 Å². The first-order valence-electron chi connectivity index (χ1n) is 6.63. The van der Waals surface area contributed by atoms with E-state index in [2.05, 4.69) is 15.5 Å². The van der Waals surface area contributed by atoms with Gasteiger partial charge in [0.2, 0.25) is 11.7 Å². The van der Waals surface area contributed by atoms with Gasteiger partial charge in [0.15, 0.2) is 0 Å². The topological polar surface area (TPSA) is 60.2 Å². The summed E-state index contributed by atoms with van der Waals surface area (Å²) in [5.74, 6) is 2.44. The number of halogens is 1. The number of rotatable bonds is 4. The van der Waals surface area contributed by atoms with Gasteiger partial charge in [0.1, 0.15) is 5.75 Å². The second-order valence-corrected chi connectivity index (χ2v) is 5.36. The van der Waals surface area contributed by atoms with Crippen LogP contribution in [0.15, 0.2) is 22.7 Å². The Labute approximate surface area is 122 Å². The summed E-state index contributed by atoms with van der Waals surface area (Å²) in [4.78, 5) is 4.45. The van der Waals surface area contributed by atoms with Gasteiger partial charge in [-0.2, -0.15) is 4.98 Å². The Morgan fingerprint density at radius 2 is 2.40 bits per heavy atom. The first-order valence-corrected chi connectivity index (χ1v) is 7.01. The van der Waals surface area contributed by atoms with Crippen molar-refractivity contribution in [3.8, 4) is 17.1 Å². The average molecular weight is 294 g/mol. The molecule has 6 heteroatoms. The molecule has 0 aliphatic carbocycles. The molecular formula is C14H16ClN3O2. The van der Waals surface area contributed by atoms with Crippen molar-refractivity contribution in [2.24, 2.45) is 5.92 Å². The highest BCUT2D eigenvalue weighted by atomic mass is 35.5. The molecule has 20 heavy (non-hydrogen) atoms. The Morgan fingerprint density at radius 3 is 3.15 bits per heavy atom. The van der Waals surface area contributed by atoms with Gasteiger partial charge in [-0.3, -0.25) is 0 Å². The number of benzene rings is 1. The summed E-state index contributed by atoms with van der Waals surface area (Å²) in [5, 5.41) is 7.99. The van der Waals surface area contributed by atoms with Crippen molar-refractivity contribution in [2.45, 2.75) is 12.8 Å². The largest absolute Gasteiger partial charge is 0.496 e. The maximum atomic E-state index is 5.95. The number of aromatic nitrogens is 2. The van der Waals surface area contributed by atoms with Gasteiger partial charge in [-0.25, -0.2) is 0 Å². The van der Waals surface area contributed by atoms with Crippen molar-refractivity contribution in [2.75, 3.05) is 20.2 Å². The van der Waals surface area contributed by atoms with Gasteiger partial charge in [-0.15, -0.1) is 0 Å². The molecule has 106 valence electrons. The molecule has 1 fully saturated rings. The molecule has 1 aliphatic heterocycles. The summed E-state index contributed by atoms with van der Waals surface area (Å²) in [5.41, 5.74) is 0.788. The van der Waals surface area contributed by atoms with Crippen LogP contribution in [0, 0.1) is 5.92 Å². The van der Waals surface area contributed by atoms with E-state index in [0.29, 0.717) is 28.4 Å². The minimum absolute atomic E-state index is 0.541. The van der Waals surface area contributed by atoms with Crippen LogP contribution >= 0.6 is 11.6 Å². The highest BCUT2D eigenvalue weighted by Gasteiger charge is 2.19. The van der Waals surface area contributed by atoms with Gasteiger partial charge in [-0.05, 0) is 43.6 Å². The molecule has 2 aromatic rings. The lowest BCUT2D eigenvalue weighted by molar-refractivity contribution is 0.357. The quantitative estimate of drug-likeness (QED) is 0.939. The Balaban J connectivity index is 1.82. The number of nitrogens with zero attached hydrogens (tertiary/aromatic N) is 2. The summed E-state index contributed by atoms with van der Waals surface area (Å²) < 4.78 is 10.6. The van der Waals surface area contributed by atoms with Crippen LogP contribution in [0.5, 0.6) is 5.75 Å². The molecule has 0 spiro atoms. The number of methoxy groups -OCH3 is 1. The van der Waals surface area contributed by atoms with Gasteiger partial charge >= 0.3 is 0 Å². The van der Waals surface area contributed by atoms with Crippen LogP contribution in [0.2, 0.25) is 5.02 Å². The molecule has 1 aromatic carbocycles. The summed E-state index contributed by atoms with van der Waals surface area (Å²) in [6, 6.07) is 5.37. The maximum absolute atomic E-state index is 5.95. The summed E-state index contributed by atoms with van der Waals surface area (Å²) in [7, 11) is 1.60. The van der Waals surface area contributed by atoms with E-state index in [0.717, 1.165) is 31.5 Å². The highest BCUT2D eigenvalue weighted by molar-refractivity contribution is 6.30. The van der Waals surface area contributed by atoms with E-state index in [9.17, 15) is 0 Å². The van der Waals surface area contributed by atoms with E-state index in [1.165, 1.54) is 0 Å². The minimum Gasteiger partial charge on any atom is -0.496 e. The third-order valence-corrected chi connectivity index (χ3v) is 3.73. The molecule has 0 bridgehead atoms. The monoisotopic (exact) mass is 293 g/mol. The molecule has 1 aliphatic rings. The first-order chi connectivity index (χ1) is 9.76. The summed E-state index contributed by atoms with van der Waals surface area (Å²) >= 11 is 5.95. The standard InChI is InChI=1S/C14H16ClN3O2/c1-19-12-7-10(15)2-3-11(12)14-17-13(20-18-14)6-9-4-5-16-8-9/h2-3,7,9,16H,4-6,8H2,1H3. The fourth-order valence-electron chi connectivity index (χ4n) is 2.43. The zero-order valence-electron chi connectivity index (χ0n) is 11.2. The Bertz CT molecular complexity index is 594. The maximum Gasteiger partial charge on any atom is 0.227 e.